The first-order valence-electron chi connectivity index (χ1n) is 8.72. The van der Waals surface area contributed by atoms with Gasteiger partial charge in [-0.15, -0.1) is 12.4 Å². The molecule has 2 rings (SSSR count). The highest BCUT2D eigenvalue weighted by molar-refractivity contribution is 7.98. The van der Waals surface area contributed by atoms with Crippen molar-refractivity contribution in [3.8, 4) is 0 Å². The molecule has 0 spiro atoms. The zero-order valence-corrected chi connectivity index (χ0v) is 17.0. The molecule has 0 radical (unpaired) electrons. The van der Waals surface area contributed by atoms with Crippen molar-refractivity contribution in [1.82, 2.24) is 5.32 Å². The fourth-order valence-corrected chi connectivity index (χ4v) is 3.26. The number of rotatable bonds is 8. The summed E-state index contributed by atoms with van der Waals surface area (Å²) in [4.78, 5) is 26.7. The van der Waals surface area contributed by atoms with E-state index < -0.39 is 12.1 Å². The molecular weight excluding hydrogens is 372 g/mol. The van der Waals surface area contributed by atoms with Gasteiger partial charge in [0.15, 0.2) is 0 Å². The van der Waals surface area contributed by atoms with E-state index in [-0.39, 0.29) is 24.2 Å². The number of nitrogens with two attached hydrogens (primary N) is 1. The number of carbonyl (C=O) groups excluding carboxylic acids is 2. The lowest BCUT2D eigenvalue weighted by Crippen LogP contribution is -2.48. The molecule has 0 saturated carbocycles. The van der Waals surface area contributed by atoms with E-state index in [1.54, 1.807) is 18.7 Å². The topological polar surface area (TPSA) is 87.5 Å². The normalized spacial score (nSPS) is 15.7. The molecule has 2 atom stereocenters. The van der Waals surface area contributed by atoms with Crippen LogP contribution in [0.25, 0.3) is 0 Å². The molecule has 26 heavy (non-hydrogen) atoms. The summed E-state index contributed by atoms with van der Waals surface area (Å²) in [5, 5.41) is 5.55. The number of thioether (sulfide) groups is 1. The van der Waals surface area contributed by atoms with Crippen LogP contribution in [0.5, 0.6) is 0 Å². The Balaban J connectivity index is 0.00000338. The van der Waals surface area contributed by atoms with Gasteiger partial charge in [0, 0.05) is 24.5 Å². The van der Waals surface area contributed by atoms with Crippen molar-refractivity contribution in [3.63, 3.8) is 0 Å². The molecule has 1 aliphatic heterocycles. The average Bonchev–Trinajstić information content (AvgIpc) is 3.14. The molecule has 0 aromatic heterocycles. The van der Waals surface area contributed by atoms with Gasteiger partial charge in [-0.1, -0.05) is 6.07 Å². The van der Waals surface area contributed by atoms with Gasteiger partial charge in [0.2, 0.25) is 11.8 Å². The molecule has 2 amide bonds. The number of amides is 2. The molecule has 1 fully saturated rings. The van der Waals surface area contributed by atoms with E-state index in [0.29, 0.717) is 6.42 Å². The number of halogens is 1. The van der Waals surface area contributed by atoms with E-state index in [4.69, 9.17) is 5.73 Å². The summed E-state index contributed by atoms with van der Waals surface area (Å²) in [6, 6.07) is 6.60. The molecule has 8 heteroatoms. The third-order valence-electron chi connectivity index (χ3n) is 4.31. The number of nitrogens with one attached hydrogen (secondary N) is 2. The second-order valence-electron chi connectivity index (χ2n) is 6.35. The first-order chi connectivity index (χ1) is 12.0. The average molecular weight is 401 g/mol. The molecule has 0 bridgehead atoms. The van der Waals surface area contributed by atoms with Gasteiger partial charge in [-0.25, -0.2) is 0 Å². The molecule has 1 saturated heterocycles. The van der Waals surface area contributed by atoms with Crippen molar-refractivity contribution in [3.05, 3.63) is 24.3 Å². The Kier molecular flexibility index (Phi) is 9.83. The van der Waals surface area contributed by atoms with Crippen LogP contribution >= 0.6 is 24.2 Å². The molecule has 1 aliphatic rings. The molecule has 6 nitrogen and oxygen atoms in total. The van der Waals surface area contributed by atoms with Crippen molar-refractivity contribution in [2.45, 2.75) is 38.3 Å². The predicted molar refractivity (Wildman–Crippen MR) is 112 cm³/mol. The van der Waals surface area contributed by atoms with Gasteiger partial charge in [-0.2, -0.15) is 11.8 Å². The summed E-state index contributed by atoms with van der Waals surface area (Å²) < 4.78 is 0. The Bertz CT molecular complexity index is 596. The minimum atomic E-state index is -0.636. The fourth-order valence-electron chi connectivity index (χ4n) is 2.77. The lowest BCUT2D eigenvalue weighted by molar-refractivity contribution is -0.127. The molecule has 4 N–H and O–H groups in total. The van der Waals surface area contributed by atoms with E-state index in [0.717, 1.165) is 30.2 Å². The van der Waals surface area contributed by atoms with Crippen molar-refractivity contribution in [2.24, 2.45) is 5.73 Å². The molecule has 146 valence electrons. The number of benzene rings is 1. The van der Waals surface area contributed by atoms with Crippen LogP contribution in [0.2, 0.25) is 0 Å². The zero-order valence-electron chi connectivity index (χ0n) is 15.4. The smallest absolute Gasteiger partial charge is 0.246 e. The minimum Gasteiger partial charge on any atom is -0.371 e. The first-order valence-corrected chi connectivity index (χ1v) is 10.1. The number of carbonyl (C=O) groups is 2. The van der Waals surface area contributed by atoms with Crippen LogP contribution in [-0.4, -0.2) is 49.0 Å². The third kappa shape index (κ3) is 6.70. The lowest BCUT2D eigenvalue weighted by atomic mass is 10.2. The zero-order chi connectivity index (χ0) is 18.2. The first kappa shape index (κ1) is 22.6. The number of hydrogen-bond donors (Lipinski definition) is 3. The van der Waals surface area contributed by atoms with E-state index in [9.17, 15) is 9.59 Å². The van der Waals surface area contributed by atoms with Crippen molar-refractivity contribution in [1.29, 1.82) is 0 Å². The van der Waals surface area contributed by atoms with Gasteiger partial charge in [0.05, 0.1) is 6.04 Å². The maximum absolute atomic E-state index is 12.3. The summed E-state index contributed by atoms with van der Waals surface area (Å²) in [5.74, 6) is 0.282. The van der Waals surface area contributed by atoms with Crippen LogP contribution in [-0.2, 0) is 9.59 Å². The van der Waals surface area contributed by atoms with Crippen LogP contribution in [0.3, 0.4) is 0 Å². The van der Waals surface area contributed by atoms with Gasteiger partial charge in [-0.3, -0.25) is 9.59 Å². The van der Waals surface area contributed by atoms with E-state index >= 15 is 0 Å². The quantitative estimate of drug-likeness (QED) is 0.622. The van der Waals surface area contributed by atoms with Crippen molar-refractivity contribution < 1.29 is 9.59 Å². The molecule has 1 aromatic carbocycles. The summed E-state index contributed by atoms with van der Waals surface area (Å²) in [6.07, 6.45) is 4.98. The molecule has 1 unspecified atom stereocenters. The SMILES string of the molecule is CSCC[C@H](N)C(=O)NC(C)C(=O)Nc1cccc(N2CCCC2)c1.Cl. The standard InChI is InChI=1S/C18H28N4O2S.ClH/c1-13(20-18(24)16(19)8-11-25-2)17(23)21-14-6-5-7-15(12-14)22-9-3-4-10-22;/h5-7,12-13,16H,3-4,8-11,19H2,1-2H3,(H,20,24)(H,21,23);1H/t13?,16-;/m0./s1. The second-order valence-corrected chi connectivity index (χ2v) is 7.34. The molecule has 1 aromatic rings. The summed E-state index contributed by atoms with van der Waals surface area (Å²) in [5.41, 5.74) is 7.69. The lowest BCUT2D eigenvalue weighted by Gasteiger charge is -2.20. The Hall–Kier alpha value is -1.44. The van der Waals surface area contributed by atoms with Crippen LogP contribution < -0.4 is 21.3 Å². The second kappa shape index (κ2) is 11.3. The Labute approximate surface area is 166 Å². The maximum atomic E-state index is 12.3. The minimum absolute atomic E-state index is 0. The summed E-state index contributed by atoms with van der Waals surface area (Å²) in [6.45, 7) is 3.77. The van der Waals surface area contributed by atoms with Gasteiger partial charge in [0.1, 0.15) is 6.04 Å². The van der Waals surface area contributed by atoms with Crippen LogP contribution in [0.4, 0.5) is 11.4 Å². The number of nitrogens with zero attached hydrogens (tertiary/aromatic N) is 1. The third-order valence-corrected chi connectivity index (χ3v) is 4.95. The Morgan fingerprint density at radius 3 is 2.62 bits per heavy atom. The van der Waals surface area contributed by atoms with Gasteiger partial charge in [0.25, 0.3) is 0 Å². The van der Waals surface area contributed by atoms with E-state index in [1.165, 1.54) is 12.8 Å². The van der Waals surface area contributed by atoms with Crippen LogP contribution in [0, 0.1) is 0 Å². The summed E-state index contributed by atoms with van der Waals surface area (Å²) >= 11 is 1.64. The number of hydrogen-bond acceptors (Lipinski definition) is 5. The number of anilines is 2. The van der Waals surface area contributed by atoms with E-state index in [1.807, 2.05) is 24.5 Å². The Morgan fingerprint density at radius 2 is 1.96 bits per heavy atom. The predicted octanol–water partition coefficient (Wildman–Crippen LogP) is 2.23. The highest BCUT2D eigenvalue weighted by Crippen LogP contribution is 2.23. The molecular formula is C18H29ClN4O2S. The molecule has 1 heterocycles. The largest absolute Gasteiger partial charge is 0.371 e. The highest BCUT2D eigenvalue weighted by atomic mass is 35.5. The van der Waals surface area contributed by atoms with Crippen LogP contribution in [0.1, 0.15) is 26.2 Å². The monoisotopic (exact) mass is 400 g/mol. The van der Waals surface area contributed by atoms with Crippen LogP contribution in [0.15, 0.2) is 24.3 Å². The van der Waals surface area contributed by atoms with Gasteiger partial charge in [-0.05, 0) is 56.4 Å². The summed E-state index contributed by atoms with van der Waals surface area (Å²) in [7, 11) is 0. The van der Waals surface area contributed by atoms with E-state index in [2.05, 4.69) is 21.6 Å². The van der Waals surface area contributed by atoms with Gasteiger partial charge >= 0.3 is 0 Å². The fraction of sp³-hybridized carbons (Fsp3) is 0.556. The molecule has 0 aliphatic carbocycles. The highest BCUT2D eigenvalue weighted by Gasteiger charge is 2.20. The van der Waals surface area contributed by atoms with Crippen molar-refractivity contribution >= 4 is 47.4 Å². The maximum Gasteiger partial charge on any atom is 0.246 e. The Morgan fingerprint density at radius 1 is 1.27 bits per heavy atom. The van der Waals surface area contributed by atoms with Crippen molar-refractivity contribution in [2.75, 3.05) is 35.3 Å². The van der Waals surface area contributed by atoms with Gasteiger partial charge < -0.3 is 21.3 Å².